The van der Waals surface area contributed by atoms with Crippen LogP contribution in [0.15, 0.2) is 18.2 Å². The average molecular weight is 298 g/mol. The summed E-state index contributed by atoms with van der Waals surface area (Å²) in [6, 6.07) is 7.57. The average Bonchev–Trinajstić information content (AvgIpc) is 2.94. The zero-order chi connectivity index (χ0) is 15.6. The topological polar surface area (TPSA) is 82.4 Å². The van der Waals surface area contributed by atoms with Crippen molar-refractivity contribution in [2.45, 2.75) is 38.7 Å². The quantitative estimate of drug-likeness (QED) is 0.819. The molecule has 0 aromatic heterocycles. The number of amides is 1. The van der Waals surface area contributed by atoms with Gasteiger partial charge in [0.05, 0.1) is 18.1 Å². The van der Waals surface area contributed by atoms with Crippen LogP contribution in [0.1, 0.15) is 48.0 Å². The lowest BCUT2D eigenvalue weighted by Gasteiger charge is -2.30. The van der Waals surface area contributed by atoms with E-state index in [2.05, 4.69) is 11.4 Å². The molecule has 2 N–H and O–H groups in total. The largest absolute Gasteiger partial charge is 0.491 e. The van der Waals surface area contributed by atoms with E-state index < -0.39 is 12.5 Å². The highest BCUT2D eigenvalue weighted by molar-refractivity contribution is 6.61. The Morgan fingerprint density at radius 3 is 2.91 bits per heavy atom. The number of hydrogen-bond acceptors (Lipinski definition) is 4. The molecule has 1 fully saturated rings. The van der Waals surface area contributed by atoms with Crippen molar-refractivity contribution in [2.75, 3.05) is 6.54 Å². The number of hydrogen-bond donors (Lipinski definition) is 2. The minimum atomic E-state index is -0.892. The Bertz CT molecular complexity index is 620. The van der Waals surface area contributed by atoms with E-state index in [1.807, 2.05) is 0 Å². The molecule has 1 aromatic carbocycles. The van der Waals surface area contributed by atoms with Crippen LogP contribution in [0, 0.1) is 16.7 Å². The third-order valence-electron chi connectivity index (χ3n) is 4.70. The van der Waals surface area contributed by atoms with Crippen LogP contribution in [0.4, 0.5) is 0 Å². The Morgan fingerprint density at radius 1 is 1.41 bits per heavy atom. The van der Waals surface area contributed by atoms with Crippen molar-refractivity contribution in [3.63, 3.8) is 0 Å². The molecule has 1 aliphatic heterocycles. The molecule has 0 bridgehead atoms. The lowest BCUT2D eigenvalue weighted by molar-refractivity contribution is 0.0932. The first-order chi connectivity index (χ1) is 10.6. The normalized spacial score (nSPS) is 19.4. The first-order valence-corrected chi connectivity index (χ1v) is 7.75. The molecule has 114 valence electrons. The maximum Gasteiger partial charge on any atom is 0.491 e. The molecule has 6 heteroatoms. The molecule has 0 spiro atoms. The maximum absolute atomic E-state index is 12.3. The van der Waals surface area contributed by atoms with Gasteiger partial charge >= 0.3 is 7.12 Å². The first-order valence-electron chi connectivity index (χ1n) is 7.75. The van der Waals surface area contributed by atoms with Crippen LogP contribution in [0.25, 0.3) is 0 Å². The van der Waals surface area contributed by atoms with E-state index in [0.29, 0.717) is 18.7 Å². The van der Waals surface area contributed by atoms with E-state index >= 15 is 0 Å². The van der Waals surface area contributed by atoms with Gasteiger partial charge < -0.3 is 15.0 Å². The minimum absolute atomic E-state index is 0.176. The molecule has 0 radical (unpaired) electrons. The summed E-state index contributed by atoms with van der Waals surface area (Å²) in [5.41, 5.74) is 1.69. The van der Waals surface area contributed by atoms with Crippen LogP contribution in [0.3, 0.4) is 0 Å². The summed E-state index contributed by atoms with van der Waals surface area (Å²) < 4.78 is 5.13. The molecule has 1 saturated carbocycles. The summed E-state index contributed by atoms with van der Waals surface area (Å²) in [6.45, 7) is 0.721. The van der Waals surface area contributed by atoms with Crippen molar-refractivity contribution < 1.29 is 14.5 Å². The van der Waals surface area contributed by atoms with Gasteiger partial charge in [0, 0.05) is 12.1 Å². The van der Waals surface area contributed by atoms with Gasteiger partial charge in [-0.05, 0) is 36.0 Å². The van der Waals surface area contributed by atoms with Crippen LogP contribution in [-0.4, -0.2) is 24.6 Å². The fourth-order valence-electron chi connectivity index (χ4n) is 3.28. The van der Waals surface area contributed by atoms with Crippen LogP contribution in [0.5, 0.6) is 0 Å². The van der Waals surface area contributed by atoms with Gasteiger partial charge in [-0.1, -0.05) is 25.3 Å². The van der Waals surface area contributed by atoms with E-state index in [4.69, 9.17) is 4.65 Å². The van der Waals surface area contributed by atoms with Crippen molar-refractivity contribution in [3.05, 3.63) is 29.3 Å². The van der Waals surface area contributed by atoms with Crippen LogP contribution in [0.2, 0.25) is 0 Å². The molecule has 3 rings (SSSR count). The highest BCUT2D eigenvalue weighted by atomic mass is 16.5. The zero-order valence-electron chi connectivity index (χ0n) is 12.5. The van der Waals surface area contributed by atoms with Gasteiger partial charge in [-0.25, -0.2) is 0 Å². The number of carbonyl (C=O) groups excluding carboxylic acids is 1. The first kappa shape index (κ1) is 15.1. The zero-order valence-corrected chi connectivity index (χ0v) is 12.5. The molecule has 2 aliphatic rings. The summed E-state index contributed by atoms with van der Waals surface area (Å²) in [5.74, 6) is -0.176. The predicted octanol–water partition coefficient (Wildman–Crippen LogP) is 1.11. The van der Waals surface area contributed by atoms with E-state index in [1.165, 1.54) is 6.42 Å². The summed E-state index contributed by atoms with van der Waals surface area (Å²) in [7, 11) is -0.892. The van der Waals surface area contributed by atoms with Gasteiger partial charge in [0.15, 0.2) is 0 Å². The van der Waals surface area contributed by atoms with Crippen molar-refractivity contribution in [3.8, 4) is 6.07 Å². The fourth-order valence-corrected chi connectivity index (χ4v) is 3.28. The Morgan fingerprint density at radius 2 is 2.18 bits per heavy atom. The van der Waals surface area contributed by atoms with Gasteiger partial charge in [0.25, 0.3) is 5.91 Å². The third-order valence-corrected chi connectivity index (χ3v) is 4.70. The summed E-state index contributed by atoms with van der Waals surface area (Å²) in [5, 5.41) is 21.9. The molecule has 1 heterocycles. The van der Waals surface area contributed by atoms with E-state index in [-0.39, 0.29) is 5.91 Å². The van der Waals surface area contributed by atoms with Crippen LogP contribution >= 0.6 is 0 Å². The summed E-state index contributed by atoms with van der Waals surface area (Å²) >= 11 is 0. The van der Waals surface area contributed by atoms with E-state index in [9.17, 15) is 15.1 Å². The molecule has 1 aromatic rings. The van der Waals surface area contributed by atoms with Gasteiger partial charge in [0.2, 0.25) is 0 Å². The molecular formula is C16H19BN2O3. The Balaban J connectivity index is 1.66. The Labute approximate surface area is 130 Å². The lowest BCUT2D eigenvalue weighted by Crippen LogP contribution is -2.38. The van der Waals surface area contributed by atoms with Gasteiger partial charge in [-0.15, -0.1) is 0 Å². The SMILES string of the molecule is N#CC1(CNC(=O)c2ccc3c(c2)COB3O)CCCCC1. The second-order valence-electron chi connectivity index (χ2n) is 6.21. The highest BCUT2D eigenvalue weighted by Crippen LogP contribution is 2.35. The monoisotopic (exact) mass is 298 g/mol. The van der Waals surface area contributed by atoms with Gasteiger partial charge in [0.1, 0.15) is 0 Å². The molecule has 0 saturated heterocycles. The smallest absolute Gasteiger partial charge is 0.423 e. The van der Waals surface area contributed by atoms with Gasteiger partial charge in [-0.3, -0.25) is 4.79 Å². The molecule has 22 heavy (non-hydrogen) atoms. The van der Waals surface area contributed by atoms with E-state index in [0.717, 1.165) is 36.7 Å². The molecular weight excluding hydrogens is 279 g/mol. The number of nitriles is 1. The van der Waals surface area contributed by atoms with Crippen molar-refractivity contribution >= 4 is 18.5 Å². The third kappa shape index (κ3) is 2.87. The predicted molar refractivity (Wildman–Crippen MR) is 82.3 cm³/mol. The molecule has 5 nitrogen and oxygen atoms in total. The number of rotatable bonds is 3. The number of fused-ring (bicyclic) bond motifs is 1. The Hall–Kier alpha value is -1.84. The van der Waals surface area contributed by atoms with Crippen molar-refractivity contribution in [1.29, 1.82) is 5.26 Å². The lowest BCUT2D eigenvalue weighted by atomic mass is 9.75. The molecule has 0 atom stereocenters. The van der Waals surface area contributed by atoms with Crippen molar-refractivity contribution in [2.24, 2.45) is 5.41 Å². The van der Waals surface area contributed by atoms with Gasteiger partial charge in [-0.2, -0.15) is 5.26 Å². The fraction of sp³-hybridized carbons (Fsp3) is 0.500. The highest BCUT2D eigenvalue weighted by Gasteiger charge is 2.33. The van der Waals surface area contributed by atoms with Crippen LogP contribution in [-0.2, 0) is 11.3 Å². The van der Waals surface area contributed by atoms with E-state index in [1.54, 1.807) is 18.2 Å². The van der Waals surface area contributed by atoms with Crippen LogP contribution < -0.4 is 10.8 Å². The summed E-state index contributed by atoms with van der Waals surface area (Å²) in [6.07, 6.45) is 4.99. The summed E-state index contributed by atoms with van der Waals surface area (Å²) in [4.78, 5) is 12.3. The number of benzene rings is 1. The molecule has 1 amide bonds. The standard InChI is InChI=1S/C16H19BN2O3/c18-10-16(6-2-1-3-7-16)11-19-15(20)12-4-5-14-13(8-12)9-22-17(14)21/h4-5,8,21H,1-3,6-7,9,11H2,(H,19,20). The minimum Gasteiger partial charge on any atom is -0.423 e. The second-order valence-corrected chi connectivity index (χ2v) is 6.21. The molecule has 0 unspecified atom stereocenters. The number of carbonyl (C=O) groups is 1. The maximum atomic E-state index is 12.3. The number of nitrogens with zero attached hydrogens (tertiary/aromatic N) is 1. The van der Waals surface area contributed by atoms with Crippen molar-refractivity contribution in [1.82, 2.24) is 5.32 Å². The number of nitrogens with one attached hydrogen (secondary N) is 1. The second kappa shape index (κ2) is 6.11. The molecule has 1 aliphatic carbocycles. The Kier molecular flexibility index (Phi) is 4.19.